The summed E-state index contributed by atoms with van der Waals surface area (Å²) in [4.78, 5) is 20.8. The molecule has 2 aromatic carbocycles. The van der Waals surface area contributed by atoms with Crippen molar-refractivity contribution in [3.63, 3.8) is 0 Å². The van der Waals surface area contributed by atoms with Crippen LogP contribution in [0.5, 0.6) is 0 Å². The minimum atomic E-state index is -0.0894. The molecule has 0 aliphatic carbocycles. The van der Waals surface area contributed by atoms with Gasteiger partial charge < -0.3 is 10.3 Å². The molecule has 0 saturated heterocycles. The Morgan fingerprint density at radius 2 is 1.86 bits per heavy atom. The third kappa shape index (κ3) is 2.60. The smallest absolute Gasteiger partial charge is 0.182 e. The quantitative estimate of drug-likeness (QED) is 0.497. The zero-order chi connectivity index (χ0) is 19.1. The van der Waals surface area contributed by atoms with E-state index in [1.807, 2.05) is 24.3 Å². The van der Waals surface area contributed by atoms with Gasteiger partial charge in [-0.25, -0.2) is 19.9 Å². The summed E-state index contributed by atoms with van der Waals surface area (Å²) < 4.78 is 2.22. The van der Waals surface area contributed by atoms with Crippen LogP contribution < -0.4 is 5.32 Å². The van der Waals surface area contributed by atoms with E-state index in [-0.39, 0.29) is 6.04 Å². The fourth-order valence-corrected chi connectivity index (χ4v) is 3.59. The predicted molar refractivity (Wildman–Crippen MR) is 110 cm³/mol. The summed E-state index contributed by atoms with van der Waals surface area (Å²) in [5, 5.41) is 3.47. The molecule has 0 amide bonds. The number of rotatable bonds is 4. The predicted octanol–water partition coefficient (Wildman–Crippen LogP) is 4.17. The lowest BCUT2D eigenvalue weighted by Gasteiger charge is -2.17. The van der Waals surface area contributed by atoms with E-state index in [0.717, 1.165) is 28.1 Å². The van der Waals surface area contributed by atoms with Crippen molar-refractivity contribution in [3.05, 3.63) is 72.6 Å². The Morgan fingerprint density at radius 1 is 1.00 bits per heavy atom. The van der Waals surface area contributed by atoms with Gasteiger partial charge in [0.2, 0.25) is 0 Å². The number of anilines is 1. The van der Waals surface area contributed by atoms with Gasteiger partial charge in [-0.1, -0.05) is 30.3 Å². The molecule has 3 aromatic heterocycles. The number of nitrogens with zero attached hydrogens (tertiary/aromatic N) is 5. The van der Waals surface area contributed by atoms with Crippen molar-refractivity contribution in [1.29, 1.82) is 0 Å². The largest absolute Gasteiger partial charge is 0.358 e. The van der Waals surface area contributed by atoms with E-state index in [2.05, 4.69) is 67.9 Å². The van der Waals surface area contributed by atoms with E-state index in [4.69, 9.17) is 4.98 Å². The number of H-pyrrole nitrogens is 1. The first kappa shape index (κ1) is 16.4. The van der Waals surface area contributed by atoms with Crippen LogP contribution in [0.25, 0.3) is 27.9 Å². The SMILES string of the molecule is Cc1cccc2nc([C@H](C)Nc3ncnc4nc[nH]c34)n(-c3ccccc3)c12. The number of hydrogen-bond acceptors (Lipinski definition) is 5. The zero-order valence-electron chi connectivity index (χ0n) is 15.6. The molecule has 0 aliphatic heterocycles. The molecule has 0 fully saturated rings. The van der Waals surface area contributed by atoms with Crippen LogP contribution in [0.15, 0.2) is 61.2 Å². The highest BCUT2D eigenvalue weighted by molar-refractivity contribution is 5.83. The molecule has 0 unspecified atom stereocenters. The fourth-order valence-electron chi connectivity index (χ4n) is 3.59. The van der Waals surface area contributed by atoms with Crippen molar-refractivity contribution in [3.8, 4) is 5.69 Å². The highest BCUT2D eigenvalue weighted by Gasteiger charge is 2.20. The summed E-state index contributed by atoms with van der Waals surface area (Å²) in [6.45, 7) is 4.20. The highest BCUT2D eigenvalue weighted by atomic mass is 15.2. The van der Waals surface area contributed by atoms with Crippen LogP contribution >= 0.6 is 0 Å². The third-order valence-electron chi connectivity index (χ3n) is 4.88. The van der Waals surface area contributed by atoms with Crippen molar-refractivity contribution < 1.29 is 0 Å². The molecule has 7 heteroatoms. The summed E-state index contributed by atoms with van der Waals surface area (Å²) in [5.41, 5.74) is 5.78. The van der Waals surface area contributed by atoms with E-state index in [0.29, 0.717) is 11.5 Å². The van der Waals surface area contributed by atoms with Crippen molar-refractivity contribution >= 4 is 28.0 Å². The summed E-state index contributed by atoms with van der Waals surface area (Å²) in [6, 6.07) is 16.4. The van der Waals surface area contributed by atoms with Crippen molar-refractivity contribution in [2.45, 2.75) is 19.9 Å². The maximum Gasteiger partial charge on any atom is 0.182 e. The van der Waals surface area contributed by atoms with Crippen molar-refractivity contribution in [2.75, 3.05) is 5.32 Å². The number of aryl methyl sites for hydroxylation is 1. The summed E-state index contributed by atoms with van der Waals surface area (Å²) in [6.07, 6.45) is 3.14. The Kier molecular flexibility index (Phi) is 3.79. The fraction of sp³-hybridized carbons (Fsp3) is 0.143. The first-order chi connectivity index (χ1) is 13.7. The Bertz CT molecular complexity index is 1270. The van der Waals surface area contributed by atoms with E-state index in [1.54, 1.807) is 6.33 Å². The maximum atomic E-state index is 4.94. The van der Waals surface area contributed by atoms with Crippen LogP contribution in [0.4, 0.5) is 5.82 Å². The molecule has 5 aromatic rings. The van der Waals surface area contributed by atoms with Crippen LogP contribution in [0.3, 0.4) is 0 Å². The number of aromatic amines is 1. The van der Waals surface area contributed by atoms with Crippen LogP contribution in [-0.2, 0) is 0 Å². The van der Waals surface area contributed by atoms with Gasteiger partial charge >= 0.3 is 0 Å². The highest BCUT2D eigenvalue weighted by Crippen LogP contribution is 2.29. The summed E-state index contributed by atoms with van der Waals surface area (Å²) in [7, 11) is 0. The normalized spacial score (nSPS) is 12.5. The molecule has 138 valence electrons. The number of benzene rings is 2. The Hall–Kier alpha value is -3.74. The number of imidazole rings is 2. The molecular weight excluding hydrogens is 350 g/mol. The van der Waals surface area contributed by atoms with Crippen LogP contribution in [0, 0.1) is 6.92 Å². The minimum absolute atomic E-state index is 0.0894. The van der Waals surface area contributed by atoms with Crippen LogP contribution in [0.2, 0.25) is 0 Å². The molecule has 0 bridgehead atoms. The summed E-state index contributed by atoms with van der Waals surface area (Å²) >= 11 is 0. The first-order valence-corrected chi connectivity index (χ1v) is 9.16. The molecule has 2 N–H and O–H groups in total. The van der Waals surface area contributed by atoms with E-state index in [9.17, 15) is 0 Å². The number of aromatic nitrogens is 6. The molecule has 0 radical (unpaired) electrons. The summed E-state index contributed by atoms with van der Waals surface area (Å²) in [5.74, 6) is 1.63. The van der Waals surface area contributed by atoms with Gasteiger partial charge in [-0.15, -0.1) is 0 Å². The number of fused-ring (bicyclic) bond motifs is 2. The molecule has 0 spiro atoms. The Labute approximate surface area is 161 Å². The number of hydrogen-bond donors (Lipinski definition) is 2. The first-order valence-electron chi connectivity index (χ1n) is 9.16. The average Bonchev–Trinajstić information content (AvgIpc) is 3.34. The Morgan fingerprint density at radius 3 is 2.71 bits per heavy atom. The lowest BCUT2D eigenvalue weighted by atomic mass is 10.2. The third-order valence-corrected chi connectivity index (χ3v) is 4.88. The van der Waals surface area contributed by atoms with Gasteiger partial charge in [-0.05, 0) is 37.6 Å². The second-order valence-corrected chi connectivity index (χ2v) is 6.77. The molecule has 0 aliphatic rings. The zero-order valence-corrected chi connectivity index (χ0v) is 15.6. The van der Waals surface area contributed by atoms with E-state index >= 15 is 0 Å². The lowest BCUT2D eigenvalue weighted by molar-refractivity contribution is 0.769. The molecule has 5 rings (SSSR count). The maximum absolute atomic E-state index is 4.94. The number of para-hydroxylation sites is 2. The van der Waals surface area contributed by atoms with Crippen molar-refractivity contribution in [1.82, 2.24) is 29.5 Å². The van der Waals surface area contributed by atoms with Gasteiger partial charge in [0.1, 0.15) is 17.7 Å². The number of nitrogens with one attached hydrogen (secondary N) is 2. The minimum Gasteiger partial charge on any atom is -0.358 e. The standard InChI is InChI=1S/C21H19N7/c1-13-7-6-10-16-18(13)28(15-8-4-3-5-9-15)21(27-16)14(2)26-20-17-19(23-11-22-17)24-12-25-20/h3-12,14H,1-2H3,(H2,22,23,24,25,26)/t14-/m0/s1. The molecule has 28 heavy (non-hydrogen) atoms. The van der Waals surface area contributed by atoms with Gasteiger partial charge in [0.25, 0.3) is 0 Å². The lowest BCUT2D eigenvalue weighted by Crippen LogP contribution is -2.14. The van der Waals surface area contributed by atoms with Gasteiger partial charge in [0.15, 0.2) is 11.5 Å². The molecule has 3 heterocycles. The monoisotopic (exact) mass is 369 g/mol. The topological polar surface area (TPSA) is 84.3 Å². The van der Waals surface area contributed by atoms with E-state index in [1.165, 1.54) is 11.9 Å². The Balaban J connectivity index is 1.66. The molecular formula is C21H19N7. The van der Waals surface area contributed by atoms with Crippen LogP contribution in [0.1, 0.15) is 24.4 Å². The van der Waals surface area contributed by atoms with Gasteiger partial charge in [-0.2, -0.15) is 0 Å². The molecule has 1 atom stereocenters. The van der Waals surface area contributed by atoms with E-state index < -0.39 is 0 Å². The van der Waals surface area contributed by atoms with Gasteiger partial charge in [0.05, 0.1) is 23.4 Å². The molecule has 7 nitrogen and oxygen atoms in total. The van der Waals surface area contributed by atoms with Crippen molar-refractivity contribution in [2.24, 2.45) is 0 Å². The second kappa shape index (κ2) is 6.45. The van der Waals surface area contributed by atoms with Gasteiger partial charge in [0, 0.05) is 5.69 Å². The van der Waals surface area contributed by atoms with Gasteiger partial charge in [-0.3, -0.25) is 4.57 Å². The molecule has 0 saturated carbocycles. The second-order valence-electron chi connectivity index (χ2n) is 6.77. The average molecular weight is 369 g/mol. The van der Waals surface area contributed by atoms with Crippen LogP contribution in [-0.4, -0.2) is 29.5 Å².